The summed E-state index contributed by atoms with van der Waals surface area (Å²) in [6.07, 6.45) is 0.413. The number of fused-ring (bicyclic) bond motifs is 1. The van der Waals surface area contributed by atoms with Crippen LogP contribution in [0, 0.1) is 0 Å². The Bertz CT molecular complexity index is 796. The van der Waals surface area contributed by atoms with Crippen LogP contribution in [0.4, 0.5) is 0 Å². The van der Waals surface area contributed by atoms with Gasteiger partial charge in [0.15, 0.2) is 0 Å². The first kappa shape index (κ1) is 14.6. The van der Waals surface area contributed by atoms with Gasteiger partial charge in [0, 0.05) is 22.2 Å². The number of carbonyl (C=O) groups excluding carboxylic acids is 1. The molecule has 0 saturated carbocycles. The van der Waals surface area contributed by atoms with Crippen LogP contribution >= 0.6 is 11.3 Å². The van der Waals surface area contributed by atoms with Gasteiger partial charge in [-0.25, -0.2) is 0 Å². The Morgan fingerprint density at radius 3 is 2.73 bits per heavy atom. The molecular weight excluding hydrogens is 294 g/mol. The summed E-state index contributed by atoms with van der Waals surface area (Å²) in [5.41, 5.74) is 0.725. The van der Waals surface area contributed by atoms with Gasteiger partial charge in [-0.15, -0.1) is 11.3 Å². The van der Waals surface area contributed by atoms with Gasteiger partial charge in [-0.1, -0.05) is 49.4 Å². The van der Waals surface area contributed by atoms with Crippen molar-refractivity contribution in [1.29, 1.82) is 0 Å². The van der Waals surface area contributed by atoms with Gasteiger partial charge in [0.2, 0.25) is 5.91 Å². The number of thiophene rings is 1. The van der Waals surface area contributed by atoms with Gasteiger partial charge in [-0.05, 0) is 16.8 Å². The molecule has 1 atom stereocenters. The van der Waals surface area contributed by atoms with Crippen molar-refractivity contribution in [1.82, 2.24) is 5.32 Å². The molecule has 0 radical (unpaired) electrons. The van der Waals surface area contributed by atoms with E-state index in [1.165, 1.54) is 0 Å². The molecule has 3 rings (SSSR count). The second-order valence-electron chi connectivity index (χ2n) is 5.09. The summed E-state index contributed by atoms with van der Waals surface area (Å²) in [5.74, 6) is 0.193. The van der Waals surface area contributed by atoms with Crippen LogP contribution in [0.15, 0.2) is 53.9 Å². The van der Waals surface area contributed by atoms with Crippen molar-refractivity contribution in [3.63, 3.8) is 0 Å². The summed E-state index contributed by atoms with van der Waals surface area (Å²) in [6, 6.07) is 15.2. The molecule has 0 unspecified atom stereocenters. The van der Waals surface area contributed by atoms with E-state index in [4.69, 9.17) is 0 Å². The van der Waals surface area contributed by atoms with Crippen LogP contribution in [0.3, 0.4) is 0 Å². The average molecular weight is 311 g/mol. The highest BCUT2D eigenvalue weighted by molar-refractivity contribution is 7.10. The summed E-state index contributed by atoms with van der Waals surface area (Å²) in [7, 11) is 0. The fourth-order valence-electron chi connectivity index (χ4n) is 2.53. The van der Waals surface area contributed by atoms with Crippen molar-refractivity contribution in [3.8, 4) is 5.75 Å². The highest BCUT2D eigenvalue weighted by Gasteiger charge is 2.21. The predicted octanol–water partition coefficient (Wildman–Crippen LogP) is 4.22. The molecule has 22 heavy (non-hydrogen) atoms. The molecule has 0 fully saturated rings. The van der Waals surface area contributed by atoms with Gasteiger partial charge in [-0.2, -0.15) is 0 Å². The topological polar surface area (TPSA) is 49.3 Å². The summed E-state index contributed by atoms with van der Waals surface area (Å²) < 4.78 is 0. The van der Waals surface area contributed by atoms with Crippen LogP contribution in [-0.4, -0.2) is 11.0 Å². The molecule has 0 spiro atoms. The summed E-state index contributed by atoms with van der Waals surface area (Å²) in [4.78, 5) is 12.9. The molecule has 0 aliphatic rings. The zero-order valence-corrected chi connectivity index (χ0v) is 13.1. The number of carbonyl (C=O) groups is 1. The summed E-state index contributed by atoms with van der Waals surface area (Å²) in [5, 5.41) is 17.4. The molecule has 3 nitrogen and oxygen atoms in total. The number of rotatable bonds is 4. The molecule has 1 heterocycles. The predicted molar refractivity (Wildman–Crippen MR) is 90.2 cm³/mol. The van der Waals surface area contributed by atoms with E-state index in [9.17, 15) is 9.90 Å². The van der Waals surface area contributed by atoms with E-state index in [1.54, 1.807) is 11.3 Å². The lowest BCUT2D eigenvalue weighted by Gasteiger charge is -2.20. The molecule has 2 aromatic carbocycles. The van der Waals surface area contributed by atoms with E-state index < -0.39 is 0 Å². The molecule has 3 aromatic rings. The highest BCUT2D eigenvalue weighted by atomic mass is 32.1. The zero-order valence-electron chi connectivity index (χ0n) is 12.2. The van der Waals surface area contributed by atoms with Crippen LogP contribution in [0.25, 0.3) is 10.8 Å². The number of phenolic OH excluding ortho intramolecular Hbond substituents is 1. The minimum atomic E-state index is -0.322. The van der Waals surface area contributed by atoms with Crippen molar-refractivity contribution in [2.75, 3.05) is 0 Å². The maximum Gasteiger partial charge on any atom is 0.220 e. The number of hydrogen-bond donors (Lipinski definition) is 2. The fourth-order valence-corrected chi connectivity index (χ4v) is 3.32. The quantitative estimate of drug-likeness (QED) is 0.758. The van der Waals surface area contributed by atoms with Crippen molar-refractivity contribution < 1.29 is 9.90 Å². The van der Waals surface area contributed by atoms with E-state index in [0.29, 0.717) is 6.42 Å². The lowest BCUT2D eigenvalue weighted by molar-refractivity contribution is -0.121. The first-order valence-corrected chi connectivity index (χ1v) is 8.12. The zero-order chi connectivity index (χ0) is 15.5. The van der Waals surface area contributed by atoms with Gasteiger partial charge in [0.25, 0.3) is 0 Å². The minimum Gasteiger partial charge on any atom is -0.507 e. The van der Waals surface area contributed by atoms with Gasteiger partial charge in [-0.3, -0.25) is 4.79 Å². The Kier molecular flexibility index (Phi) is 4.11. The van der Waals surface area contributed by atoms with E-state index in [0.717, 1.165) is 21.2 Å². The molecule has 2 N–H and O–H groups in total. The maximum atomic E-state index is 11.9. The first-order chi connectivity index (χ1) is 10.7. The molecule has 112 valence electrons. The van der Waals surface area contributed by atoms with Crippen molar-refractivity contribution in [2.45, 2.75) is 19.4 Å². The van der Waals surface area contributed by atoms with E-state index in [2.05, 4.69) is 5.32 Å². The Morgan fingerprint density at radius 2 is 2.00 bits per heavy atom. The monoisotopic (exact) mass is 311 g/mol. The number of aromatic hydroxyl groups is 1. The Hall–Kier alpha value is -2.33. The van der Waals surface area contributed by atoms with Crippen LogP contribution in [0.1, 0.15) is 29.8 Å². The molecular formula is C18H17NO2S. The smallest absolute Gasteiger partial charge is 0.220 e. The molecule has 0 aliphatic carbocycles. The number of amides is 1. The maximum absolute atomic E-state index is 11.9. The molecule has 0 aliphatic heterocycles. The number of nitrogens with one attached hydrogen (secondary N) is 1. The third-order valence-electron chi connectivity index (χ3n) is 3.70. The second kappa shape index (κ2) is 6.20. The average Bonchev–Trinajstić information content (AvgIpc) is 3.08. The molecule has 1 amide bonds. The normalized spacial score (nSPS) is 12.2. The van der Waals surface area contributed by atoms with Crippen molar-refractivity contribution >= 4 is 28.0 Å². The minimum absolute atomic E-state index is 0.0361. The van der Waals surface area contributed by atoms with E-state index in [-0.39, 0.29) is 17.7 Å². The van der Waals surface area contributed by atoms with Crippen molar-refractivity contribution in [3.05, 3.63) is 64.4 Å². The molecule has 0 bridgehead atoms. The Balaban J connectivity index is 2.11. The second-order valence-corrected chi connectivity index (χ2v) is 6.07. The number of benzene rings is 2. The number of phenols is 1. The van der Waals surface area contributed by atoms with Crippen molar-refractivity contribution in [2.24, 2.45) is 0 Å². The van der Waals surface area contributed by atoms with Crippen LogP contribution < -0.4 is 5.32 Å². The lowest BCUT2D eigenvalue weighted by atomic mass is 9.99. The standard InChI is InChI=1S/C18H17NO2S/c1-2-16(20)19-17(15-8-5-11-22-15)14-10-9-12-6-3-4-7-13(12)18(14)21/h3-11,17,21H,2H2,1H3,(H,19,20)/t17-/m1/s1. The lowest BCUT2D eigenvalue weighted by Crippen LogP contribution is -2.28. The summed E-state index contributed by atoms with van der Waals surface area (Å²) >= 11 is 1.57. The first-order valence-electron chi connectivity index (χ1n) is 7.24. The molecule has 4 heteroatoms. The van der Waals surface area contributed by atoms with E-state index in [1.807, 2.05) is 60.8 Å². The van der Waals surface area contributed by atoms with Crippen LogP contribution in [0.5, 0.6) is 5.75 Å². The largest absolute Gasteiger partial charge is 0.507 e. The van der Waals surface area contributed by atoms with Gasteiger partial charge in [0.1, 0.15) is 5.75 Å². The van der Waals surface area contributed by atoms with Gasteiger partial charge >= 0.3 is 0 Å². The molecule has 0 saturated heterocycles. The van der Waals surface area contributed by atoms with Gasteiger partial charge < -0.3 is 10.4 Å². The Labute approximate surface area is 133 Å². The number of hydrogen-bond acceptors (Lipinski definition) is 3. The van der Waals surface area contributed by atoms with E-state index >= 15 is 0 Å². The molecule has 1 aromatic heterocycles. The van der Waals surface area contributed by atoms with Gasteiger partial charge in [0.05, 0.1) is 6.04 Å². The summed E-state index contributed by atoms with van der Waals surface area (Å²) in [6.45, 7) is 1.82. The van der Waals surface area contributed by atoms with Crippen LogP contribution in [-0.2, 0) is 4.79 Å². The highest BCUT2D eigenvalue weighted by Crippen LogP contribution is 2.36. The third-order valence-corrected chi connectivity index (χ3v) is 4.63. The van der Waals surface area contributed by atoms with Crippen LogP contribution in [0.2, 0.25) is 0 Å². The SMILES string of the molecule is CCC(=O)N[C@@H](c1cccs1)c1ccc2ccccc2c1O. The fraction of sp³-hybridized carbons (Fsp3) is 0.167. The third kappa shape index (κ3) is 2.70. The Morgan fingerprint density at radius 1 is 1.18 bits per heavy atom.